The molecule has 2 aromatic rings. The van der Waals surface area contributed by atoms with E-state index in [0.717, 1.165) is 48.4 Å². The van der Waals surface area contributed by atoms with Crippen molar-refractivity contribution >= 4 is 34.9 Å². The Kier molecular flexibility index (Phi) is 4.96. The molecule has 0 saturated carbocycles. The van der Waals surface area contributed by atoms with Gasteiger partial charge in [-0.1, -0.05) is 17.7 Å². The number of alkyl carbamates (subject to hydrolysis) is 1. The van der Waals surface area contributed by atoms with E-state index < -0.39 is 5.60 Å². The lowest BCUT2D eigenvalue weighted by Gasteiger charge is -2.39. The van der Waals surface area contributed by atoms with Crippen LogP contribution in [0.25, 0.3) is 11.1 Å². The fraction of sp³-hybridized carbons (Fsp3) is 0.350. The number of piperidine rings is 1. The number of nitrogens with one attached hydrogen (secondary N) is 3. The van der Waals surface area contributed by atoms with E-state index in [1.54, 1.807) is 19.4 Å². The lowest BCUT2D eigenvalue weighted by molar-refractivity contribution is 0.0367. The van der Waals surface area contributed by atoms with Crippen LogP contribution in [0.5, 0.6) is 0 Å². The number of rotatable bonds is 4. The predicted molar refractivity (Wildman–Crippen MR) is 114 cm³/mol. The van der Waals surface area contributed by atoms with Crippen molar-refractivity contribution in [2.75, 3.05) is 36.9 Å². The molecule has 1 amide bonds. The van der Waals surface area contributed by atoms with Gasteiger partial charge in [0.25, 0.3) is 0 Å². The molecule has 2 saturated heterocycles. The Morgan fingerprint density at radius 3 is 2.76 bits per heavy atom. The van der Waals surface area contributed by atoms with Crippen molar-refractivity contribution in [3.05, 3.63) is 41.2 Å². The predicted octanol–water partition coefficient (Wildman–Crippen LogP) is 2.81. The monoisotopic (exact) mass is 414 g/mol. The van der Waals surface area contributed by atoms with E-state index in [4.69, 9.17) is 27.5 Å². The Bertz CT molecular complexity index is 971. The molecule has 9 heteroatoms. The maximum atomic E-state index is 11.5. The van der Waals surface area contributed by atoms with Crippen molar-refractivity contribution in [3.63, 3.8) is 0 Å². The van der Waals surface area contributed by atoms with Crippen molar-refractivity contribution in [1.29, 1.82) is 5.41 Å². The number of carbonyl (C=O) groups excluding carboxylic acids is 1. The summed E-state index contributed by atoms with van der Waals surface area (Å²) in [6, 6.07) is 5.69. The Balaban J connectivity index is 1.67. The van der Waals surface area contributed by atoms with Crippen LogP contribution in [0.15, 0.2) is 30.6 Å². The summed E-state index contributed by atoms with van der Waals surface area (Å²) in [5, 5.41) is 14.2. The van der Waals surface area contributed by atoms with Gasteiger partial charge >= 0.3 is 6.09 Å². The highest BCUT2D eigenvalue weighted by Gasteiger charge is 2.43. The number of halogens is 1. The topological polar surface area (TPSA) is 116 Å². The van der Waals surface area contributed by atoms with Crippen LogP contribution in [0.2, 0.25) is 5.02 Å². The van der Waals surface area contributed by atoms with Gasteiger partial charge in [0.15, 0.2) is 0 Å². The number of nitrogens with zero attached hydrogens (tertiary/aromatic N) is 2. The molecule has 0 bridgehead atoms. The highest BCUT2D eigenvalue weighted by Crippen LogP contribution is 2.40. The van der Waals surface area contributed by atoms with E-state index in [2.05, 4.69) is 20.5 Å². The molecule has 0 aliphatic carbocycles. The molecule has 1 aromatic heterocycles. The van der Waals surface area contributed by atoms with E-state index in [9.17, 15) is 4.79 Å². The molecule has 29 heavy (non-hydrogen) atoms. The molecule has 4 rings (SSSR count). The molecule has 1 spiro atoms. The number of aromatic nitrogens is 1. The van der Waals surface area contributed by atoms with E-state index in [0.29, 0.717) is 17.1 Å². The van der Waals surface area contributed by atoms with Crippen molar-refractivity contribution in [1.82, 2.24) is 10.3 Å². The smallest absolute Gasteiger partial charge is 0.407 e. The summed E-state index contributed by atoms with van der Waals surface area (Å²) in [6.45, 7) is 1.99. The summed E-state index contributed by atoms with van der Waals surface area (Å²) in [5.41, 5.74) is 9.41. The fourth-order valence-corrected chi connectivity index (χ4v) is 4.31. The van der Waals surface area contributed by atoms with E-state index in [1.807, 2.05) is 18.2 Å². The molecule has 5 N–H and O–H groups in total. The molecule has 3 heterocycles. The average Bonchev–Trinajstić information content (AvgIpc) is 3.08. The number of ether oxygens (including phenoxy) is 1. The van der Waals surface area contributed by atoms with Gasteiger partial charge in [-0.05, 0) is 17.7 Å². The Hall–Kier alpha value is -3.00. The van der Waals surface area contributed by atoms with Gasteiger partial charge in [-0.3, -0.25) is 10.4 Å². The first kappa shape index (κ1) is 19.3. The molecule has 2 aliphatic rings. The van der Waals surface area contributed by atoms with Gasteiger partial charge in [0.2, 0.25) is 0 Å². The van der Waals surface area contributed by atoms with Gasteiger partial charge in [0.1, 0.15) is 11.4 Å². The van der Waals surface area contributed by atoms with Crippen LogP contribution < -0.4 is 21.3 Å². The van der Waals surface area contributed by atoms with Crippen LogP contribution in [-0.2, 0) is 4.74 Å². The molecule has 8 nitrogen and oxygen atoms in total. The van der Waals surface area contributed by atoms with Crippen LogP contribution in [0.4, 0.5) is 16.2 Å². The number of hydrogen-bond donors (Lipinski definition) is 4. The fourth-order valence-electron chi connectivity index (χ4n) is 4.03. The maximum absolute atomic E-state index is 11.5. The van der Waals surface area contributed by atoms with E-state index >= 15 is 0 Å². The molecule has 152 valence electrons. The third-order valence-corrected chi connectivity index (χ3v) is 5.89. The molecule has 2 fully saturated rings. The number of amides is 1. The summed E-state index contributed by atoms with van der Waals surface area (Å²) >= 11 is 6.57. The first-order chi connectivity index (χ1) is 13.9. The number of nitrogen functional groups attached to an aromatic ring is 1. The van der Waals surface area contributed by atoms with Gasteiger partial charge in [-0.2, -0.15) is 0 Å². The number of anilines is 2. The lowest BCUT2D eigenvalue weighted by atomic mass is 9.90. The SMILES string of the molecule is CNc1cc(-c2cncc(Cl)c2N2CCC3(CC2)CNC(=O)O3)ccc1C(=N)N. The first-order valence-electron chi connectivity index (χ1n) is 9.44. The van der Waals surface area contributed by atoms with Crippen molar-refractivity contribution < 1.29 is 9.53 Å². The highest BCUT2D eigenvalue weighted by molar-refractivity contribution is 6.33. The van der Waals surface area contributed by atoms with Crippen LogP contribution in [-0.4, -0.2) is 49.2 Å². The molecular weight excluding hydrogens is 392 g/mol. The third-order valence-electron chi connectivity index (χ3n) is 5.62. The normalized spacial score (nSPS) is 17.7. The van der Waals surface area contributed by atoms with E-state index in [-0.39, 0.29) is 11.9 Å². The minimum Gasteiger partial charge on any atom is -0.441 e. The Morgan fingerprint density at radius 1 is 1.38 bits per heavy atom. The zero-order valence-electron chi connectivity index (χ0n) is 16.1. The second-order valence-corrected chi connectivity index (χ2v) is 7.76. The van der Waals surface area contributed by atoms with Crippen LogP contribution in [0.3, 0.4) is 0 Å². The second-order valence-electron chi connectivity index (χ2n) is 7.35. The molecular formula is C20H23ClN6O2. The Morgan fingerprint density at radius 2 is 2.14 bits per heavy atom. The van der Waals surface area contributed by atoms with Crippen LogP contribution >= 0.6 is 11.6 Å². The van der Waals surface area contributed by atoms with E-state index in [1.165, 1.54) is 0 Å². The molecule has 1 aromatic carbocycles. The number of hydrogen-bond acceptors (Lipinski definition) is 6. The second kappa shape index (κ2) is 7.44. The first-order valence-corrected chi connectivity index (χ1v) is 9.82. The average molecular weight is 415 g/mol. The van der Waals surface area contributed by atoms with Gasteiger partial charge in [0, 0.05) is 62.2 Å². The number of amidine groups is 1. The Labute approximate surface area is 173 Å². The molecule has 2 aliphatic heterocycles. The highest BCUT2D eigenvalue weighted by atomic mass is 35.5. The maximum Gasteiger partial charge on any atom is 0.407 e. The lowest BCUT2D eigenvalue weighted by Crippen LogP contribution is -2.46. The van der Waals surface area contributed by atoms with Gasteiger partial charge < -0.3 is 26.0 Å². The molecule has 0 unspecified atom stereocenters. The van der Waals surface area contributed by atoms with Crippen LogP contribution in [0.1, 0.15) is 18.4 Å². The van der Waals surface area contributed by atoms with Crippen molar-refractivity contribution in [3.8, 4) is 11.1 Å². The molecule has 0 radical (unpaired) electrons. The number of pyridine rings is 1. The zero-order valence-corrected chi connectivity index (χ0v) is 16.8. The summed E-state index contributed by atoms with van der Waals surface area (Å²) in [5.74, 6) is 0.00592. The summed E-state index contributed by atoms with van der Waals surface area (Å²) in [6.07, 6.45) is 4.56. The minimum absolute atomic E-state index is 0.00592. The van der Waals surface area contributed by atoms with Gasteiger partial charge in [-0.15, -0.1) is 0 Å². The zero-order chi connectivity index (χ0) is 20.6. The standard InChI is InChI=1S/C20H23ClN6O2/c1-24-16-8-12(2-3-13(16)18(22)23)14-9-25-10-15(21)17(14)27-6-4-20(5-7-27)11-26-19(28)29-20/h2-3,8-10,24H,4-7,11H2,1H3,(H3,22,23)(H,26,28). The third kappa shape index (κ3) is 3.55. The van der Waals surface area contributed by atoms with Crippen molar-refractivity contribution in [2.24, 2.45) is 5.73 Å². The number of carbonyl (C=O) groups is 1. The quantitative estimate of drug-likeness (QED) is 0.451. The summed E-state index contributed by atoms with van der Waals surface area (Å²) < 4.78 is 5.52. The summed E-state index contributed by atoms with van der Waals surface area (Å²) in [4.78, 5) is 18.0. The number of nitrogens with two attached hydrogens (primary N) is 1. The minimum atomic E-state index is -0.421. The molecule has 0 atom stereocenters. The van der Waals surface area contributed by atoms with Gasteiger partial charge in [-0.25, -0.2) is 4.79 Å². The number of benzene rings is 1. The largest absolute Gasteiger partial charge is 0.441 e. The summed E-state index contributed by atoms with van der Waals surface area (Å²) in [7, 11) is 1.80. The van der Waals surface area contributed by atoms with Crippen molar-refractivity contribution in [2.45, 2.75) is 18.4 Å². The van der Waals surface area contributed by atoms with Gasteiger partial charge in [0.05, 0.1) is 17.3 Å². The van der Waals surface area contributed by atoms with Crippen LogP contribution in [0, 0.1) is 5.41 Å².